The van der Waals surface area contributed by atoms with Gasteiger partial charge in [0.15, 0.2) is 0 Å². The summed E-state index contributed by atoms with van der Waals surface area (Å²) >= 11 is 0. The fourth-order valence-corrected chi connectivity index (χ4v) is 4.88. The van der Waals surface area contributed by atoms with Gasteiger partial charge in [0.2, 0.25) is 5.91 Å². The van der Waals surface area contributed by atoms with E-state index < -0.39 is 23.8 Å². The summed E-state index contributed by atoms with van der Waals surface area (Å²) in [6, 6.07) is 14.5. The van der Waals surface area contributed by atoms with Gasteiger partial charge in [0, 0.05) is 30.5 Å². The average molecular weight is 494 g/mol. The van der Waals surface area contributed by atoms with E-state index in [1.54, 1.807) is 24.4 Å². The first-order valence-electron chi connectivity index (χ1n) is 12.6. The number of nitrogens with zero attached hydrogens (tertiary/aromatic N) is 1. The van der Waals surface area contributed by atoms with Gasteiger partial charge in [0.1, 0.15) is 11.6 Å². The van der Waals surface area contributed by atoms with E-state index in [0.717, 1.165) is 31.7 Å². The van der Waals surface area contributed by atoms with E-state index in [1.807, 2.05) is 0 Å². The largest absolute Gasteiger partial charge is 0.390 e. The molecule has 0 spiro atoms. The summed E-state index contributed by atoms with van der Waals surface area (Å²) in [4.78, 5) is 16.9. The van der Waals surface area contributed by atoms with Crippen molar-refractivity contribution in [1.82, 2.24) is 15.6 Å². The van der Waals surface area contributed by atoms with E-state index in [-0.39, 0.29) is 31.3 Å². The topological polar surface area (TPSA) is 74.2 Å². The van der Waals surface area contributed by atoms with Crippen LogP contribution in [0.5, 0.6) is 0 Å². The molecular weight excluding hydrogens is 460 g/mol. The van der Waals surface area contributed by atoms with Crippen molar-refractivity contribution >= 4 is 5.91 Å². The summed E-state index contributed by atoms with van der Waals surface area (Å²) in [5, 5.41) is 17.5. The zero-order chi connectivity index (χ0) is 25.5. The maximum Gasteiger partial charge on any atom is 0.226 e. The quantitative estimate of drug-likeness (QED) is 0.395. The smallest absolute Gasteiger partial charge is 0.226 e. The van der Waals surface area contributed by atoms with Gasteiger partial charge < -0.3 is 15.7 Å². The summed E-state index contributed by atoms with van der Waals surface area (Å²) < 4.78 is 27.6. The van der Waals surface area contributed by atoms with Crippen LogP contribution in [-0.2, 0) is 30.5 Å². The highest BCUT2D eigenvalue weighted by Crippen LogP contribution is 2.30. The molecule has 1 amide bonds. The first-order valence-corrected chi connectivity index (χ1v) is 12.6. The number of aliphatic hydroxyl groups is 1. The van der Waals surface area contributed by atoms with E-state index in [2.05, 4.69) is 40.7 Å². The van der Waals surface area contributed by atoms with Gasteiger partial charge in [-0.2, -0.15) is 0 Å². The number of carbonyl (C=O) groups is 1. The molecule has 1 aliphatic carbocycles. The minimum Gasteiger partial charge on any atom is -0.390 e. The minimum absolute atomic E-state index is 0.0464. The van der Waals surface area contributed by atoms with Crippen LogP contribution in [0.15, 0.2) is 60.8 Å². The van der Waals surface area contributed by atoms with Gasteiger partial charge in [-0.3, -0.25) is 9.78 Å². The number of rotatable bonds is 10. The number of pyridine rings is 1. The Hall–Kier alpha value is -3.16. The van der Waals surface area contributed by atoms with Crippen molar-refractivity contribution in [3.63, 3.8) is 0 Å². The fraction of sp³-hybridized carbons (Fsp3) is 0.379. The number of aromatic nitrogens is 1. The molecule has 190 valence electrons. The molecule has 0 aliphatic heterocycles. The molecule has 1 heterocycles. The fourth-order valence-electron chi connectivity index (χ4n) is 4.88. The molecule has 36 heavy (non-hydrogen) atoms. The molecule has 0 fully saturated rings. The van der Waals surface area contributed by atoms with Crippen LogP contribution in [0.1, 0.15) is 53.8 Å². The molecule has 3 atom stereocenters. The standard InChI is InChI=1S/C29H33F2N3O2/c1-2-19-9-10-21-6-5-8-26(25(21)14-19)33-18-28(35)27(15-20-12-22(30)16-23(31)13-20)34-29(36)17-24-7-3-4-11-32-24/h3-4,7,9-14,16,26-28,33,35H,2,5-6,8,15,17-18H2,1H3,(H,34,36)/t26-,27+,28+/m1/s1. The maximum atomic E-state index is 13.8. The molecule has 3 N–H and O–H groups in total. The molecule has 2 aromatic carbocycles. The van der Waals surface area contributed by atoms with E-state index in [4.69, 9.17) is 0 Å². The number of nitrogens with one attached hydrogen (secondary N) is 2. The van der Waals surface area contributed by atoms with Crippen molar-refractivity contribution in [3.8, 4) is 0 Å². The van der Waals surface area contributed by atoms with Crippen LogP contribution in [0.2, 0.25) is 0 Å². The van der Waals surface area contributed by atoms with E-state index in [0.29, 0.717) is 11.3 Å². The number of amides is 1. The van der Waals surface area contributed by atoms with Crippen LogP contribution in [-0.4, -0.2) is 34.7 Å². The Morgan fingerprint density at radius 2 is 1.92 bits per heavy atom. The van der Waals surface area contributed by atoms with Crippen molar-refractivity contribution in [2.75, 3.05) is 6.54 Å². The molecule has 0 unspecified atom stereocenters. The van der Waals surface area contributed by atoms with Gasteiger partial charge in [0.25, 0.3) is 0 Å². The van der Waals surface area contributed by atoms with Crippen LogP contribution in [0.3, 0.4) is 0 Å². The number of hydrogen-bond donors (Lipinski definition) is 3. The molecule has 3 aromatic rings. The van der Waals surface area contributed by atoms with E-state index >= 15 is 0 Å². The maximum absolute atomic E-state index is 13.8. The second kappa shape index (κ2) is 12.2. The predicted molar refractivity (Wildman–Crippen MR) is 135 cm³/mol. The van der Waals surface area contributed by atoms with Crippen LogP contribution >= 0.6 is 0 Å². The highest BCUT2D eigenvalue weighted by molar-refractivity contribution is 5.78. The van der Waals surface area contributed by atoms with Crippen LogP contribution in [0, 0.1) is 11.6 Å². The lowest BCUT2D eigenvalue weighted by Crippen LogP contribution is -2.49. The van der Waals surface area contributed by atoms with Gasteiger partial charge in [-0.1, -0.05) is 31.2 Å². The monoisotopic (exact) mass is 493 g/mol. The van der Waals surface area contributed by atoms with Crippen LogP contribution < -0.4 is 10.6 Å². The molecule has 4 rings (SSSR count). The SMILES string of the molecule is CCc1ccc2c(c1)[C@H](NC[C@H](O)[C@H](Cc1cc(F)cc(F)c1)NC(=O)Cc1ccccn1)CCC2. The molecular formula is C29H33F2N3O2. The van der Waals surface area contributed by atoms with E-state index in [9.17, 15) is 18.7 Å². The third-order valence-electron chi connectivity index (χ3n) is 6.76. The van der Waals surface area contributed by atoms with Crippen molar-refractivity contribution in [2.45, 2.75) is 63.6 Å². The summed E-state index contributed by atoms with van der Waals surface area (Å²) in [5.41, 5.74) is 4.82. The predicted octanol–water partition coefficient (Wildman–Crippen LogP) is 4.22. The third-order valence-corrected chi connectivity index (χ3v) is 6.76. The lowest BCUT2D eigenvalue weighted by molar-refractivity contribution is -0.122. The van der Waals surface area contributed by atoms with Crippen LogP contribution in [0.4, 0.5) is 8.78 Å². The van der Waals surface area contributed by atoms with Crippen molar-refractivity contribution in [1.29, 1.82) is 0 Å². The molecule has 0 bridgehead atoms. The van der Waals surface area contributed by atoms with Gasteiger partial charge in [-0.25, -0.2) is 8.78 Å². The van der Waals surface area contributed by atoms with Gasteiger partial charge >= 0.3 is 0 Å². The molecule has 5 nitrogen and oxygen atoms in total. The number of aryl methyl sites for hydroxylation is 2. The summed E-state index contributed by atoms with van der Waals surface area (Å²) in [6.45, 7) is 2.36. The minimum atomic E-state index is -0.969. The molecule has 0 saturated carbocycles. The summed E-state index contributed by atoms with van der Waals surface area (Å²) in [7, 11) is 0. The second-order valence-corrected chi connectivity index (χ2v) is 9.46. The Kier molecular flexibility index (Phi) is 8.78. The Morgan fingerprint density at radius 1 is 1.11 bits per heavy atom. The van der Waals surface area contributed by atoms with Gasteiger partial charge in [0.05, 0.1) is 18.6 Å². The number of carbonyl (C=O) groups excluding carboxylic acids is 1. The Labute approximate surface area is 211 Å². The Morgan fingerprint density at radius 3 is 2.64 bits per heavy atom. The zero-order valence-corrected chi connectivity index (χ0v) is 20.5. The first-order chi connectivity index (χ1) is 17.4. The summed E-state index contributed by atoms with van der Waals surface area (Å²) in [6.07, 6.45) is 4.79. The number of aliphatic hydroxyl groups excluding tert-OH is 1. The molecule has 0 radical (unpaired) electrons. The third kappa shape index (κ3) is 6.95. The number of benzene rings is 2. The van der Waals surface area contributed by atoms with E-state index in [1.165, 1.54) is 28.8 Å². The summed E-state index contributed by atoms with van der Waals surface area (Å²) in [5.74, 6) is -1.70. The second-order valence-electron chi connectivity index (χ2n) is 9.46. The average Bonchev–Trinajstić information content (AvgIpc) is 2.86. The molecule has 1 aliphatic rings. The van der Waals surface area contributed by atoms with Crippen molar-refractivity contribution < 1.29 is 18.7 Å². The first kappa shape index (κ1) is 25.9. The highest BCUT2D eigenvalue weighted by Gasteiger charge is 2.26. The lowest BCUT2D eigenvalue weighted by atomic mass is 9.86. The van der Waals surface area contributed by atoms with Gasteiger partial charge in [-0.05, 0) is 78.6 Å². The van der Waals surface area contributed by atoms with Gasteiger partial charge in [-0.15, -0.1) is 0 Å². The number of fused-ring (bicyclic) bond motifs is 1. The molecule has 1 aromatic heterocycles. The number of hydrogen-bond acceptors (Lipinski definition) is 4. The Bertz CT molecular complexity index is 1150. The normalized spacial score (nSPS) is 16.7. The lowest BCUT2D eigenvalue weighted by Gasteiger charge is -2.30. The van der Waals surface area contributed by atoms with Crippen molar-refractivity contribution in [2.24, 2.45) is 0 Å². The molecule has 0 saturated heterocycles. The van der Waals surface area contributed by atoms with Crippen molar-refractivity contribution in [3.05, 3.63) is 100 Å². The molecule has 7 heteroatoms. The Balaban J connectivity index is 1.47. The number of halogens is 2. The highest BCUT2D eigenvalue weighted by atomic mass is 19.1. The zero-order valence-electron chi connectivity index (χ0n) is 20.5. The van der Waals surface area contributed by atoms with Crippen LogP contribution in [0.25, 0.3) is 0 Å².